The Morgan fingerprint density at radius 3 is 2.69 bits per heavy atom. The number of rotatable bonds is 4. The normalized spacial score (nSPS) is 11.4. The molecule has 0 atom stereocenters. The number of hydrogen-bond donors (Lipinski definition) is 1. The van der Waals surface area contributed by atoms with Gasteiger partial charge in [-0.05, 0) is 18.2 Å². The van der Waals surface area contributed by atoms with Gasteiger partial charge in [-0.15, -0.1) is 0 Å². The largest absolute Gasteiger partial charge is 0.417 e. The summed E-state index contributed by atoms with van der Waals surface area (Å²) in [6, 6.07) is 9.44. The van der Waals surface area contributed by atoms with E-state index in [-0.39, 0.29) is 34.3 Å². The van der Waals surface area contributed by atoms with E-state index in [2.05, 4.69) is 15.5 Å². The summed E-state index contributed by atoms with van der Waals surface area (Å²) in [5.74, 6) is -0.290. The first kappa shape index (κ1) is 17.9. The Labute approximate surface area is 150 Å². The molecule has 0 saturated carbocycles. The van der Waals surface area contributed by atoms with E-state index in [0.29, 0.717) is 0 Å². The molecule has 3 rings (SSSR count). The van der Waals surface area contributed by atoms with Crippen LogP contribution < -0.4 is 5.32 Å². The number of carbonyl (C=O) groups is 1. The van der Waals surface area contributed by atoms with E-state index in [4.69, 9.17) is 16.1 Å². The summed E-state index contributed by atoms with van der Waals surface area (Å²) in [7, 11) is 0. The second kappa shape index (κ2) is 7.17. The summed E-state index contributed by atoms with van der Waals surface area (Å²) < 4.78 is 44.3. The van der Waals surface area contributed by atoms with E-state index in [1.165, 1.54) is 36.5 Å². The van der Waals surface area contributed by atoms with Gasteiger partial charge in [0.1, 0.15) is 10.8 Å². The quantitative estimate of drug-likeness (QED) is 0.683. The van der Waals surface area contributed by atoms with Crippen molar-refractivity contribution >= 4 is 17.5 Å². The lowest BCUT2D eigenvalue weighted by Gasteiger charge is -2.10. The maximum atomic E-state index is 13.1. The van der Waals surface area contributed by atoms with E-state index in [1.807, 2.05) is 0 Å². The summed E-state index contributed by atoms with van der Waals surface area (Å²) in [6.07, 6.45) is -3.07. The Kier molecular flexibility index (Phi) is 4.94. The number of amides is 1. The second-order valence-corrected chi connectivity index (χ2v) is 5.60. The lowest BCUT2D eigenvalue weighted by Crippen LogP contribution is -2.23. The number of hydrogen-bond acceptors (Lipinski definition) is 4. The number of benzene rings is 1. The number of nitrogens with zero attached hydrogens (tertiary/aromatic N) is 2. The predicted octanol–water partition coefficient (Wildman–Crippen LogP) is 4.34. The van der Waals surface area contributed by atoms with Crippen molar-refractivity contribution in [3.8, 4) is 11.3 Å². The maximum Gasteiger partial charge on any atom is 0.417 e. The third-order valence-corrected chi connectivity index (χ3v) is 3.80. The zero-order chi connectivity index (χ0) is 18.7. The van der Waals surface area contributed by atoms with Crippen LogP contribution in [0.5, 0.6) is 0 Å². The molecule has 9 heteroatoms. The van der Waals surface area contributed by atoms with Crippen molar-refractivity contribution in [3.63, 3.8) is 0 Å². The highest BCUT2D eigenvalue weighted by atomic mass is 35.5. The van der Waals surface area contributed by atoms with Crippen molar-refractivity contribution in [2.24, 2.45) is 0 Å². The van der Waals surface area contributed by atoms with Crippen LogP contribution in [0.1, 0.15) is 21.7 Å². The van der Waals surface area contributed by atoms with Gasteiger partial charge in [-0.3, -0.25) is 4.79 Å². The number of carbonyl (C=O) groups excluding carboxylic acids is 1. The fourth-order valence-corrected chi connectivity index (χ4v) is 2.50. The second-order valence-electron chi connectivity index (χ2n) is 5.25. The molecular formula is C17H11ClF3N3O2. The Hall–Kier alpha value is -2.87. The van der Waals surface area contributed by atoms with E-state index < -0.39 is 17.6 Å². The maximum absolute atomic E-state index is 13.1. The first-order chi connectivity index (χ1) is 12.4. The van der Waals surface area contributed by atoms with E-state index in [1.54, 1.807) is 6.07 Å². The minimum Gasteiger partial charge on any atom is -0.359 e. The van der Waals surface area contributed by atoms with Crippen molar-refractivity contribution in [2.45, 2.75) is 12.7 Å². The molecule has 2 heterocycles. The van der Waals surface area contributed by atoms with Crippen LogP contribution in [0.3, 0.4) is 0 Å². The van der Waals surface area contributed by atoms with Crippen LogP contribution in [0.2, 0.25) is 5.15 Å². The average molecular weight is 382 g/mol. The first-order valence-corrected chi connectivity index (χ1v) is 7.75. The van der Waals surface area contributed by atoms with E-state index in [0.717, 1.165) is 6.07 Å². The van der Waals surface area contributed by atoms with Gasteiger partial charge in [-0.2, -0.15) is 13.2 Å². The molecular weight excluding hydrogens is 371 g/mol. The van der Waals surface area contributed by atoms with Gasteiger partial charge in [0, 0.05) is 17.8 Å². The van der Waals surface area contributed by atoms with Gasteiger partial charge in [-0.1, -0.05) is 35.0 Å². The van der Waals surface area contributed by atoms with Crippen molar-refractivity contribution in [1.29, 1.82) is 0 Å². The topological polar surface area (TPSA) is 68.0 Å². The van der Waals surface area contributed by atoms with Gasteiger partial charge < -0.3 is 9.84 Å². The zero-order valence-electron chi connectivity index (χ0n) is 13.0. The molecule has 0 spiro atoms. The fourth-order valence-electron chi connectivity index (χ4n) is 2.29. The summed E-state index contributed by atoms with van der Waals surface area (Å²) in [6.45, 7) is -0.0642. The highest BCUT2D eigenvalue weighted by Gasteiger charge is 2.34. The fraction of sp³-hybridized carbons (Fsp3) is 0.118. The summed E-state index contributed by atoms with van der Waals surface area (Å²) in [4.78, 5) is 15.8. The SMILES string of the molecule is O=C(NCc1cc(-c2ccccc2C(F)(F)F)no1)c1cccnc1Cl. The van der Waals surface area contributed by atoms with Gasteiger partial charge in [-0.25, -0.2) is 4.98 Å². The standard InChI is InChI=1S/C17H11ClF3N3O2/c18-15-12(5-3-7-22-15)16(25)23-9-10-8-14(24-26-10)11-4-1-2-6-13(11)17(19,20)21/h1-8H,9H2,(H,23,25). The predicted molar refractivity (Wildman–Crippen MR) is 87.4 cm³/mol. The van der Waals surface area contributed by atoms with Crippen molar-refractivity contribution in [3.05, 3.63) is 70.7 Å². The summed E-state index contributed by atoms with van der Waals surface area (Å²) in [5, 5.41) is 6.25. The lowest BCUT2D eigenvalue weighted by atomic mass is 10.0. The number of aromatic nitrogens is 2. The highest BCUT2D eigenvalue weighted by Crippen LogP contribution is 2.36. The number of alkyl halides is 3. The first-order valence-electron chi connectivity index (χ1n) is 7.37. The molecule has 0 unspecified atom stereocenters. The average Bonchev–Trinajstić information content (AvgIpc) is 3.08. The molecule has 5 nitrogen and oxygen atoms in total. The smallest absolute Gasteiger partial charge is 0.359 e. The van der Waals surface area contributed by atoms with Gasteiger partial charge in [0.2, 0.25) is 0 Å². The highest BCUT2D eigenvalue weighted by molar-refractivity contribution is 6.32. The molecule has 0 aliphatic heterocycles. The van der Waals surface area contributed by atoms with Gasteiger partial charge >= 0.3 is 6.18 Å². The minimum absolute atomic E-state index is 0.0292. The van der Waals surface area contributed by atoms with Crippen LogP contribution in [0.4, 0.5) is 13.2 Å². The van der Waals surface area contributed by atoms with Gasteiger partial charge in [0.15, 0.2) is 5.76 Å². The molecule has 0 aliphatic carbocycles. The molecule has 0 fully saturated rings. The molecule has 1 amide bonds. The number of pyridine rings is 1. The minimum atomic E-state index is -4.51. The van der Waals surface area contributed by atoms with Crippen molar-refractivity contribution < 1.29 is 22.5 Å². The Morgan fingerprint density at radius 2 is 1.96 bits per heavy atom. The molecule has 0 bridgehead atoms. The molecule has 0 aliphatic rings. The van der Waals surface area contributed by atoms with Crippen LogP contribution in [-0.4, -0.2) is 16.0 Å². The summed E-state index contributed by atoms with van der Waals surface area (Å²) in [5.41, 5.74) is -0.708. The Bertz CT molecular complexity index is 941. The molecule has 0 saturated heterocycles. The molecule has 1 N–H and O–H groups in total. The molecule has 1 aromatic carbocycles. The lowest BCUT2D eigenvalue weighted by molar-refractivity contribution is -0.137. The van der Waals surface area contributed by atoms with Crippen LogP contribution in [0.25, 0.3) is 11.3 Å². The molecule has 0 radical (unpaired) electrons. The van der Waals surface area contributed by atoms with Crippen molar-refractivity contribution in [2.75, 3.05) is 0 Å². The van der Waals surface area contributed by atoms with Crippen molar-refractivity contribution in [1.82, 2.24) is 15.5 Å². The Morgan fingerprint density at radius 1 is 1.19 bits per heavy atom. The van der Waals surface area contributed by atoms with Gasteiger partial charge in [0.25, 0.3) is 5.91 Å². The van der Waals surface area contributed by atoms with Crippen LogP contribution in [0, 0.1) is 0 Å². The van der Waals surface area contributed by atoms with E-state index in [9.17, 15) is 18.0 Å². The monoisotopic (exact) mass is 381 g/mol. The number of halogens is 4. The third-order valence-electron chi connectivity index (χ3n) is 3.49. The van der Waals surface area contributed by atoms with Gasteiger partial charge in [0.05, 0.1) is 17.7 Å². The van der Waals surface area contributed by atoms with Crippen LogP contribution >= 0.6 is 11.6 Å². The molecule has 2 aromatic heterocycles. The van der Waals surface area contributed by atoms with E-state index >= 15 is 0 Å². The molecule has 26 heavy (non-hydrogen) atoms. The number of nitrogens with one attached hydrogen (secondary N) is 1. The molecule has 3 aromatic rings. The summed E-state index contributed by atoms with van der Waals surface area (Å²) >= 11 is 5.83. The van der Waals surface area contributed by atoms with Crippen LogP contribution in [-0.2, 0) is 12.7 Å². The van der Waals surface area contributed by atoms with Crippen LogP contribution in [0.15, 0.2) is 53.2 Å². The third kappa shape index (κ3) is 3.85. The Balaban J connectivity index is 1.76. The molecule has 134 valence electrons. The zero-order valence-corrected chi connectivity index (χ0v) is 13.8.